The Bertz CT molecular complexity index is 414. The molecule has 3 amide bonds. The largest absolute Gasteiger partial charge is 0.356 e. The summed E-state index contributed by atoms with van der Waals surface area (Å²) in [5, 5.41) is 9.44. The predicted octanol–water partition coefficient (Wildman–Crippen LogP) is 1.99. The van der Waals surface area contributed by atoms with Crippen molar-refractivity contribution in [3.8, 4) is 0 Å². The van der Waals surface area contributed by atoms with Crippen molar-refractivity contribution in [1.29, 1.82) is 0 Å². The lowest BCUT2D eigenvalue weighted by atomic mass is 9.95. The van der Waals surface area contributed by atoms with Crippen LogP contribution in [-0.2, 0) is 4.79 Å². The molecule has 0 aliphatic carbocycles. The summed E-state index contributed by atoms with van der Waals surface area (Å²) in [6, 6.07) is -0.0329. The molecule has 146 valence electrons. The van der Waals surface area contributed by atoms with Gasteiger partial charge in [0.1, 0.15) is 0 Å². The molecule has 0 aromatic heterocycles. The van der Waals surface area contributed by atoms with Gasteiger partial charge < -0.3 is 20.9 Å². The second-order valence-corrected chi connectivity index (χ2v) is 7.66. The number of urea groups is 1. The van der Waals surface area contributed by atoms with Gasteiger partial charge in [0.25, 0.3) is 0 Å². The molecule has 0 bridgehead atoms. The number of amides is 3. The molecule has 0 saturated carbocycles. The molecule has 0 aromatic rings. The van der Waals surface area contributed by atoms with E-state index >= 15 is 0 Å². The maximum Gasteiger partial charge on any atom is 0.317 e. The fourth-order valence-electron chi connectivity index (χ4n) is 3.49. The zero-order valence-electron chi connectivity index (χ0n) is 15.7. The molecule has 2 fully saturated rings. The molecule has 0 spiro atoms. The van der Waals surface area contributed by atoms with Crippen molar-refractivity contribution in [2.24, 2.45) is 17.8 Å². The third kappa shape index (κ3) is 7.82. The number of nitrogens with one attached hydrogen (secondary N) is 3. The van der Waals surface area contributed by atoms with Crippen molar-refractivity contribution in [2.75, 3.05) is 39.3 Å². The van der Waals surface area contributed by atoms with Gasteiger partial charge in [0.05, 0.1) is 5.92 Å². The quantitative estimate of drug-likeness (QED) is 0.665. The summed E-state index contributed by atoms with van der Waals surface area (Å²) >= 11 is 0. The predicted molar refractivity (Wildman–Crippen MR) is 103 cm³/mol. The van der Waals surface area contributed by atoms with E-state index in [2.05, 4.69) is 29.8 Å². The van der Waals surface area contributed by atoms with Crippen LogP contribution in [0.15, 0.2) is 0 Å². The lowest BCUT2D eigenvalue weighted by Gasteiger charge is -2.32. The fraction of sp³-hybridized carbons (Fsp3) is 0.889. The molecular weight excluding hydrogens is 340 g/mol. The molecule has 2 atom stereocenters. The van der Waals surface area contributed by atoms with Gasteiger partial charge in [0.15, 0.2) is 0 Å². The first-order valence-electron chi connectivity index (χ1n) is 9.57. The summed E-state index contributed by atoms with van der Waals surface area (Å²) < 4.78 is 0. The zero-order chi connectivity index (χ0) is 17.4. The van der Waals surface area contributed by atoms with Crippen molar-refractivity contribution in [3.63, 3.8) is 0 Å². The highest BCUT2D eigenvalue weighted by atomic mass is 35.5. The van der Waals surface area contributed by atoms with E-state index in [0.717, 1.165) is 45.4 Å². The number of halogens is 1. The van der Waals surface area contributed by atoms with Gasteiger partial charge in [-0.3, -0.25) is 4.79 Å². The van der Waals surface area contributed by atoms with E-state index in [0.29, 0.717) is 24.9 Å². The molecule has 25 heavy (non-hydrogen) atoms. The van der Waals surface area contributed by atoms with Crippen LogP contribution in [0.4, 0.5) is 4.79 Å². The molecule has 0 radical (unpaired) electrons. The Morgan fingerprint density at radius 2 is 2.00 bits per heavy atom. The Labute approximate surface area is 158 Å². The van der Waals surface area contributed by atoms with Gasteiger partial charge in [-0.1, -0.05) is 13.8 Å². The van der Waals surface area contributed by atoms with E-state index in [-0.39, 0.29) is 30.3 Å². The molecule has 2 aliphatic heterocycles. The summed E-state index contributed by atoms with van der Waals surface area (Å²) in [4.78, 5) is 26.3. The van der Waals surface area contributed by atoms with Crippen LogP contribution in [0.5, 0.6) is 0 Å². The van der Waals surface area contributed by atoms with Gasteiger partial charge >= 0.3 is 6.03 Å². The van der Waals surface area contributed by atoms with Gasteiger partial charge in [-0.05, 0) is 57.0 Å². The number of carbonyl (C=O) groups is 2. The number of likely N-dealkylation sites (tertiary alicyclic amines) is 1. The molecule has 2 saturated heterocycles. The zero-order valence-corrected chi connectivity index (χ0v) is 16.5. The number of nitrogens with zero attached hydrogens (tertiary/aromatic N) is 1. The topological polar surface area (TPSA) is 73.5 Å². The van der Waals surface area contributed by atoms with E-state index in [9.17, 15) is 9.59 Å². The minimum atomic E-state index is -0.0620. The number of hydrogen-bond acceptors (Lipinski definition) is 3. The highest BCUT2D eigenvalue weighted by molar-refractivity contribution is 5.85. The lowest BCUT2D eigenvalue weighted by molar-refractivity contribution is -0.126. The average molecular weight is 375 g/mol. The maximum absolute atomic E-state index is 12.4. The molecule has 2 aliphatic rings. The number of piperidine rings is 2. The van der Waals surface area contributed by atoms with Crippen LogP contribution in [0.1, 0.15) is 46.0 Å². The number of rotatable bonds is 6. The smallest absolute Gasteiger partial charge is 0.317 e. The molecule has 6 nitrogen and oxygen atoms in total. The third-order valence-corrected chi connectivity index (χ3v) is 4.99. The first-order valence-corrected chi connectivity index (χ1v) is 9.57. The highest BCUT2D eigenvalue weighted by Crippen LogP contribution is 2.17. The van der Waals surface area contributed by atoms with E-state index in [1.807, 2.05) is 0 Å². The van der Waals surface area contributed by atoms with E-state index in [1.54, 1.807) is 4.90 Å². The first-order chi connectivity index (χ1) is 11.6. The van der Waals surface area contributed by atoms with Crippen molar-refractivity contribution in [2.45, 2.75) is 46.0 Å². The van der Waals surface area contributed by atoms with E-state index in [4.69, 9.17) is 0 Å². The summed E-state index contributed by atoms with van der Waals surface area (Å²) in [5.74, 6) is 1.17. The molecule has 0 aromatic carbocycles. The van der Waals surface area contributed by atoms with Crippen molar-refractivity contribution < 1.29 is 9.59 Å². The molecular formula is C18H35ClN4O2. The molecule has 7 heteroatoms. The van der Waals surface area contributed by atoms with Crippen LogP contribution in [-0.4, -0.2) is 56.1 Å². The molecule has 2 unspecified atom stereocenters. The van der Waals surface area contributed by atoms with Crippen molar-refractivity contribution >= 4 is 24.3 Å². The Kier molecular flexibility index (Phi) is 10.2. The van der Waals surface area contributed by atoms with Crippen LogP contribution < -0.4 is 16.0 Å². The maximum atomic E-state index is 12.4. The minimum Gasteiger partial charge on any atom is -0.356 e. The summed E-state index contributed by atoms with van der Waals surface area (Å²) in [5.41, 5.74) is 0. The molecule has 3 N–H and O–H groups in total. The van der Waals surface area contributed by atoms with Crippen LogP contribution in [0.25, 0.3) is 0 Å². The monoisotopic (exact) mass is 374 g/mol. The second kappa shape index (κ2) is 11.6. The second-order valence-electron chi connectivity index (χ2n) is 7.66. The lowest BCUT2D eigenvalue weighted by Crippen LogP contribution is -2.49. The third-order valence-electron chi connectivity index (χ3n) is 4.99. The Hall–Kier alpha value is -1.01. The molecule has 2 rings (SSSR count). The summed E-state index contributed by atoms with van der Waals surface area (Å²) in [6.07, 6.45) is 5.33. The SMILES string of the molecule is CC(C)CNC(=O)N1CCCC(C(=O)NCCC2CCCNC2)C1.Cl. The van der Waals surface area contributed by atoms with Gasteiger partial charge in [-0.15, -0.1) is 12.4 Å². The Balaban J connectivity index is 0.00000312. The van der Waals surface area contributed by atoms with Crippen molar-refractivity contribution in [3.05, 3.63) is 0 Å². The van der Waals surface area contributed by atoms with Crippen LogP contribution >= 0.6 is 12.4 Å². The van der Waals surface area contributed by atoms with Crippen LogP contribution in [0.3, 0.4) is 0 Å². The van der Waals surface area contributed by atoms with Crippen LogP contribution in [0.2, 0.25) is 0 Å². The van der Waals surface area contributed by atoms with Crippen molar-refractivity contribution in [1.82, 2.24) is 20.9 Å². The van der Waals surface area contributed by atoms with E-state index < -0.39 is 0 Å². The number of hydrogen-bond donors (Lipinski definition) is 3. The van der Waals surface area contributed by atoms with Gasteiger partial charge in [-0.2, -0.15) is 0 Å². The van der Waals surface area contributed by atoms with Gasteiger partial charge in [0, 0.05) is 26.2 Å². The first kappa shape index (κ1) is 22.0. The number of carbonyl (C=O) groups excluding carboxylic acids is 2. The Morgan fingerprint density at radius 3 is 2.68 bits per heavy atom. The summed E-state index contributed by atoms with van der Waals surface area (Å²) in [7, 11) is 0. The fourth-order valence-corrected chi connectivity index (χ4v) is 3.49. The Morgan fingerprint density at radius 1 is 1.20 bits per heavy atom. The molecule has 2 heterocycles. The minimum absolute atomic E-state index is 0. The van der Waals surface area contributed by atoms with Crippen LogP contribution in [0, 0.1) is 17.8 Å². The highest BCUT2D eigenvalue weighted by Gasteiger charge is 2.28. The summed E-state index contributed by atoms with van der Waals surface area (Å²) in [6.45, 7) is 9.08. The normalized spacial score (nSPS) is 23.7. The van der Waals surface area contributed by atoms with Gasteiger partial charge in [0.2, 0.25) is 5.91 Å². The average Bonchev–Trinajstić information content (AvgIpc) is 2.60. The standard InChI is InChI=1S/C18H34N4O2.ClH/c1-14(2)11-21-18(24)22-10-4-6-16(13-22)17(23)20-9-7-15-5-3-8-19-12-15;/h14-16,19H,3-13H2,1-2H3,(H,20,23)(H,21,24);1H. The van der Waals surface area contributed by atoms with E-state index in [1.165, 1.54) is 12.8 Å². The van der Waals surface area contributed by atoms with Gasteiger partial charge in [-0.25, -0.2) is 4.79 Å².